The monoisotopic (exact) mass is 842 g/mol. The van der Waals surface area contributed by atoms with Gasteiger partial charge in [-0.1, -0.05) is 38.5 Å². The quantitative estimate of drug-likeness (QED) is 0.0531. The minimum atomic E-state index is -1.37. The molecule has 0 saturated carbocycles. The van der Waals surface area contributed by atoms with Gasteiger partial charge in [0.15, 0.2) is 0 Å². The smallest absolute Gasteiger partial charge is 0.322 e. The van der Waals surface area contributed by atoms with E-state index in [0.717, 1.165) is 10.9 Å². The van der Waals surface area contributed by atoms with Crippen LogP contribution in [0.1, 0.15) is 58.4 Å². The van der Waals surface area contributed by atoms with E-state index in [2.05, 4.69) is 42.2 Å². The molecule has 0 bridgehead atoms. The third-order valence-electron chi connectivity index (χ3n) is 9.91. The first-order chi connectivity index (χ1) is 28.4. The molecular formula is C38H54N10O12. The number of rotatable bonds is 23. The maximum absolute atomic E-state index is 13.3. The fourth-order valence-electron chi connectivity index (χ4n) is 6.43. The molecule has 0 radical (unpaired) electrons. The zero-order valence-electron chi connectivity index (χ0n) is 33.6. The largest absolute Gasteiger partial charge is 0.481 e. The third-order valence-corrected chi connectivity index (χ3v) is 9.91. The van der Waals surface area contributed by atoms with Crippen molar-refractivity contribution in [3.05, 3.63) is 36.0 Å². The molecule has 22 heteroatoms. The molecule has 0 spiro atoms. The van der Waals surface area contributed by atoms with Crippen LogP contribution >= 0.6 is 0 Å². The second-order valence-electron chi connectivity index (χ2n) is 14.3. The van der Waals surface area contributed by atoms with Gasteiger partial charge in [0.2, 0.25) is 47.3 Å². The average molecular weight is 843 g/mol. The number of H-pyrrole nitrogens is 1. The summed E-state index contributed by atoms with van der Waals surface area (Å²) >= 11 is 0. The molecule has 1 saturated heterocycles. The van der Waals surface area contributed by atoms with Crippen molar-refractivity contribution in [2.75, 3.05) is 32.7 Å². The van der Waals surface area contributed by atoms with Crippen LogP contribution in [0, 0.1) is 5.92 Å². The van der Waals surface area contributed by atoms with Crippen molar-refractivity contribution < 1.29 is 58.2 Å². The number of aliphatic carboxylic acids is 2. The van der Waals surface area contributed by atoms with Gasteiger partial charge in [0.1, 0.15) is 36.8 Å². The van der Waals surface area contributed by atoms with Crippen molar-refractivity contribution in [2.45, 2.75) is 89.5 Å². The summed E-state index contributed by atoms with van der Waals surface area (Å²) in [4.78, 5) is 130. The zero-order valence-corrected chi connectivity index (χ0v) is 33.6. The van der Waals surface area contributed by atoms with Crippen molar-refractivity contribution in [1.82, 2.24) is 47.1 Å². The molecule has 1 aromatic heterocycles. The van der Waals surface area contributed by atoms with E-state index >= 15 is 0 Å². The number of carbonyl (C=O) groups is 10. The standard InChI is InChI=1S/C38H54N10O12/c1-4-20(2)33(47-29(50)18-42-35(57)25(11-12-31(52)53)46-37(59)27-10-7-13-48(27)30(51)15-39)38(60)44-21(3)34(56)41-17-28(49)45-26(36(58)43-19-32(54)55)14-22-16-40-24-9-6-5-8-23(22)24/h5-6,8-9,16,20-21,25-27,33,40H,4,7,10-15,17-19,39H2,1-3H3,(H,41,56)(H,42,57)(H,43,58)(H,44,60)(H,45,49)(H,46,59)(H,47,50)(H,52,53)(H,54,55)/t20-,21-,25-,26-,27-,33-/m0/s1. The topological polar surface area (TPSA) is 340 Å². The van der Waals surface area contributed by atoms with Crippen molar-refractivity contribution >= 4 is 70.1 Å². The van der Waals surface area contributed by atoms with Gasteiger partial charge in [0.25, 0.3) is 0 Å². The Bertz CT molecular complexity index is 1920. The van der Waals surface area contributed by atoms with Gasteiger partial charge in [-0.25, -0.2) is 0 Å². The molecule has 0 unspecified atom stereocenters. The number of carboxylic acids is 2. The maximum atomic E-state index is 13.3. The SMILES string of the molecule is CC[C@H](C)[C@H](NC(=O)CNC(=O)[C@H](CCC(=O)O)NC(=O)[C@@H]1CCCN1C(=O)CN)C(=O)N[C@@H](C)C(=O)NCC(=O)N[C@@H](Cc1c[nH]c2ccccc12)C(=O)NCC(=O)O. The van der Waals surface area contributed by atoms with E-state index in [1.54, 1.807) is 26.1 Å². The molecule has 12 N–H and O–H groups in total. The Morgan fingerprint density at radius 1 is 0.800 bits per heavy atom. The highest BCUT2D eigenvalue weighted by Gasteiger charge is 2.36. The van der Waals surface area contributed by atoms with Crippen LogP contribution in [0.25, 0.3) is 10.9 Å². The predicted octanol–water partition coefficient (Wildman–Crippen LogP) is -3.04. The van der Waals surface area contributed by atoms with E-state index in [1.165, 1.54) is 11.8 Å². The van der Waals surface area contributed by atoms with E-state index in [9.17, 15) is 53.1 Å². The zero-order chi connectivity index (χ0) is 44.5. The van der Waals surface area contributed by atoms with Crippen molar-refractivity contribution in [2.24, 2.45) is 11.7 Å². The van der Waals surface area contributed by atoms with Gasteiger partial charge in [0, 0.05) is 36.5 Å². The predicted molar refractivity (Wildman–Crippen MR) is 212 cm³/mol. The van der Waals surface area contributed by atoms with Crippen molar-refractivity contribution in [3.8, 4) is 0 Å². The van der Waals surface area contributed by atoms with Gasteiger partial charge >= 0.3 is 11.9 Å². The van der Waals surface area contributed by atoms with E-state index in [4.69, 9.17) is 10.8 Å². The van der Waals surface area contributed by atoms with Crippen LogP contribution in [0.4, 0.5) is 0 Å². The fraction of sp³-hybridized carbons (Fsp3) is 0.526. The van der Waals surface area contributed by atoms with Crippen molar-refractivity contribution in [3.63, 3.8) is 0 Å². The van der Waals surface area contributed by atoms with Gasteiger partial charge in [0.05, 0.1) is 19.6 Å². The number of para-hydroxylation sites is 1. The van der Waals surface area contributed by atoms with E-state index in [1.807, 2.05) is 18.2 Å². The minimum absolute atomic E-state index is 0.00600. The number of amides is 8. The second kappa shape index (κ2) is 23.1. The van der Waals surface area contributed by atoms with Crippen LogP contribution in [0.5, 0.6) is 0 Å². The van der Waals surface area contributed by atoms with E-state index < -0.39 is 121 Å². The van der Waals surface area contributed by atoms with Crippen LogP contribution < -0.4 is 43.0 Å². The lowest BCUT2D eigenvalue weighted by atomic mass is 9.98. The average Bonchev–Trinajstić information content (AvgIpc) is 3.88. The summed E-state index contributed by atoms with van der Waals surface area (Å²) < 4.78 is 0. The first kappa shape index (κ1) is 47.8. The summed E-state index contributed by atoms with van der Waals surface area (Å²) in [6, 6.07) is 1.35. The minimum Gasteiger partial charge on any atom is -0.481 e. The lowest BCUT2D eigenvalue weighted by Gasteiger charge is -2.26. The van der Waals surface area contributed by atoms with Crippen LogP contribution in [0.2, 0.25) is 0 Å². The summed E-state index contributed by atoms with van der Waals surface area (Å²) in [5.74, 6) is -8.92. The van der Waals surface area contributed by atoms with Gasteiger partial charge in [-0.05, 0) is 43.7 Å². The molecule has 1 aliphatic rings. The number of nitrogens with zero attached hydrogens (tertiary/aromatic N) is 1. The summed E-state index contributed by atoms with van der Waals surface area (Å²) in [7, 11) is 0. The number of fused-ring (bicyclic) bond motifs is 1. The van der Waals surface area contributed by atoms with Crippen LogP contribution in [-0.4, -0.2) is 142 Å². The molecule has 22 nitrogen and oxygen atoms in total. The Labute approximate surface area is 344 Å². The summed E-state index contributed by atoms with van der Waals surface area (Å²) in [6.45, 7) is 2.76. The van der Waals surface area contributed by atoms with Gasteiger partial charge < -0.3 is 63.0 Å². The molecular weight excluding hydrogens is 788 g/mol. The molecule has 3 rings (SSSR count). The number of hydrogen-bond acceptors (Lipinski definition) is 11. The molecule has 1 aromatic carbocycles. The number of likely N-dealkylation sites (tertiary alicyclic amines) is 1. The maximum Gasteiger partial charge on any atom is 0.322 e. The van der Waals surface area contributed by atoms with E-state index in [-0.39, 0.29) is 19.4 Å². The molecule has 328 valence electrons. The van der Waals surface area contributed by atoms with Crippen molar-refractivity contribution in [1.29, 1.82) is 0 Å². The molecule has 8 amide bonds. The molecule has 2 aromatic rings. The molecule has 60 heavy (non-hydrogen) atoms. The van der Waals surface area contributed by atoms with Gasteiger partial charge in [-0.15, -0.1) is 0 Å². The lowest BCUT2D eigenvalue weighted by Crippen LogP contribution is -2.57. The van der Waals surface area contributed by atoms with E-state index in [0.29, 0.717) is 31.4 Å². The Kier molecular flexibility index (Phi) is 18.4. The molecule has 2 heterocycles. The normalized spacial score (nSPS) is 15.9. The number of carboxylic acid groups (broad SMARTS) is 2. The van der Waals surface area contributed by atoms with Crippen LogP contribution in [0.3, 0.4) is 0 Å². The number of aromatic nitrogens is 1. The highest BCUT2D eigenvalue weighted by Crippen LogP contribution is 2.20. The summed E-state index contributed by atoms with van der Waals surface area (Å²) in [5.41, 5.74) is 6.90. The fourth-order valence-corrected chi connectivity index (χ4v) is 6.43. The van der Waals surface area contributed by atoms with Gasteiger partial charge in [-0.3, -0.25) is 47.9 Å². The summed E-state index contributed by atoms with van der Waals surface area (Å²) in [6.07, 6.45) is 2.08. The number of carbonyl (C=O) groups excluding carboxylic acids is 8. The second-order valence-corrected chi connectivity index (χ2v) is 14.3. The highest BCUT2D eigenvalue weighted by atomic mass is 16.4. The summed E-state index contributed by atoms with van der Waals surface area (Å²) in [5, 5.41) is 35.9. The number of nitrogens with two attached hydrogens (primary N) is 1. The molecule has 0 aliphatic carbocycles. The highest BCUT2D eigenvalue weighted by molar-refractivity contribution is 5.97. The number of nitrogens with one attached hydrogen (secondary N) is 8. The van der Waals surface area contributed by atoms with Crippen LogP contribution in [-0.2, 0) is 54.4 Å². The molecule has 6 atom stereocenters. The Hall–Kier alpha value is -6.58. The lowest BCUT2D eigenvalue weighted by molar-refractivity contribution is -0.140. The molecule has 1 aliphatic heterocycles. The molecule has 1 fully saturated rings. The van der Waals surface area contributed by atoms with Crippen LogP contribution in [0.15, 0.2) is 30.5 Å². The number of benzene rings is 1. The first-order valence-electron chi connectivity index (χ1n) is 19.5. The third kappa shape index (κ3) is 14.4. The Morgan fingerprint density at radius 2 is 1.43 bits per heavy atom. The Morgan fingerprint density at radius 3 is 2.08 bits per heavy atom. The Balaban J connectivity index is 1.56. The number of hydrogen-bond donors (Lipinski definition) is 11. The van der Waals surface area contributed by atoms with Gasteiger partial charge in [-0.2, -0.15) is 0 Å². The first-order valence-corrected chi connectivity index (χ1v) is 19.5. The number of aromatic amines is 1.